The molecule has 2 aromatic rings. The van der Waals surface area contributed by atoms with Crippen LogP contribution in [0.25, 0.3) is 5.69 Å². The minimum Gasteiger partial charge on any atom is -0.494 e. The third kappa shape index (κ3) is 1.40. The fourth-order valence-corrected chi connectivity index (χ4v) is 3.87. The van der Waals surface area contributed by atoms with E-state index in [1.54, 1.807) is 0 Å². The third-order valence-electron chi connectivity index (χ3n) is 4.85. The van der Waals surface area contributed by atoms with Crippen LogP contribution in [0.1, 0.15) is 36.1 Å². The summed E-state index contributed by atoms with van der Waals surface area (Å²) < 4.78 is 7.53. The van der Waals surface area contributed by atoms with Crippen molar-refractivity contribution in [3.05, 3.63) is 52.6 Å². The van der Waals surface area contributed by atoms with Crippen molar-refractivity contribution in [2.45, 2.75) is 38.9 Å². The summed E-state index contributed by atoms with van der Waals surface area (Å²) in [6, 6.07) is 5.92. The second-order valence-electron chi connectivity index (χ2n) is 6.67. The molecule has 4 rings (SSSR count). The topological polar surface area (TPSA) is 54.6 Å². The summed E-state index contributed by atoms with van der Waals surface area (Å²) in [5, 5.41) is 21.5. The molecule has 0 saturated carbocycles. The monoisotopic (exact) mass is 297 g/mol. The minimum absolute atomic E-state index is 0.0510. The first-order valence-electron chi connectivity index (χ1n) is 7.42. The zero-order chi connectivity index (χ0) is 15.9. The number of aromatic nitrogens is 1. The number of aromatic hydroxyl groups is 2. The number of rotatable bonds is 1. The SMILES string of the molecule is Cc1ccc(-n2c(O)c3c(c2O)C2(C)C=CC3(C)O2)c(C)c1. The van der Waals surface area contributed by atoms with Gasteiger partial charge in [0, 0.05) is 0 Å². The zero-order valence-electron chi connectivity index (χ0n) is 13.1. The van der Waals surface area contributed by atoms with Crippen molar-refractivity contribution < 1.29 is 14.9 Å². The summed E-state index contributed by atoms with van der Waals surface area (Å²) in [6.45, 7) is 7.81. The lowest BCUT2D eigenvalue weighted by molar-refractivity contribution is -0.0517. The third-order valence-corrected chi connectivity index (χ3v) is 4.85. The summed E-state index contributed by atoms with van der Waals surface area (Å²) in [7, 11) is 0. The number of fused-ring (bicyclic) bond motifs is 5. The number of ether oxygens (including phenoxy) is 1. The quantitative estimate of drug-likeness (QED) is 0.792. The summed E-state index contributed by atoms with van der Waals surface area (Å²) >= 11 is 0. The van der Waals surface area contributed by atoms with E-state index in [0.29, 0.717) is 11.1 Å². The van der Waals surface area contributed by atoms with E-state index in [1.807, 2.05) is 58.0 Å². The van der Waals surface area contributed by atoms with Crippen molar-refractivity contribution in [1.29, 1.82) is 0 Å². The van der Waals surface area contributed by atoms with Gasteiger partial charge in [0.25, 0.3) is 0 Å². The molecule has 0 saturated heterocycles. The Morgan fingerprint density at radius 3 is 2.00 bits per heavy atom. The summed E-state index contributed by atoms with van der Waals surface area (Å²) in [4.78, 5) is 0. The predicted octanol–water partition coefficient (Wildman–Crippen LogP) is 3.54. The molecule has 0 fully saturated rings. The maximum absolute atomic E-state index is 10.8. The molecular formula is C18H19NO3. The Balaban J connectivity index is 2.03. The van der Waals surface area contributed by atoms with E-state index in [4.69, 9.17) is 4.74 Å². The maximum Gasteiger partial charge on any atom is 0.205 e. The van der Waals surface area contributed by atoms with E-state index in [2.05, 4.69) is 0 Å². The van der Waals surface area contributed by atoms with Gasteiger partial charge in [0.15, 0.2) is 0 Å². The predicted molar refractivity (Wildman–Crippen MR) is 83.5 cm³/mol. The van der Waals surface area contributed by atoms with Crippen LogP contribution >= 0.6 is 0 Å². The van der Waals surface area contributed by atoms with Gasteiger partial charge >= 0.3 is 0 Å². The van der Waals surface area contributed by atoms with Crippen LogP contribution in [0.2, 0.25) is 0 Å². The van der Waals surface area contributed by atoms with Gasteiger partial charge in [-0.3, -0.25) is 4.57 Å². The highest BCUT2D eigenvalue weighted by atomic mass is 16.5. The van der Waals surface area contributed by atoms with Gasteiger partial charge in [0.1, 0.15) is 11.2 Å². The Bertz CT molecular complexity index is 807. The van der Waals surface area contributed by atoms with E-state index in [9.17, 15) is 10.2 Å². The van der Waals surface area contributed by atoms with E-state index in [-0.39, 0.29) is 11.8 Å². The molecule has 2 aliphatic rings. The molecule has 22 heavy (non-hydrogen) atoms. The highest BCUT2D eigenvalue weighted by Gasteiger charge is 2.56. The highest BCUT2D eigenvalue weighted by Crippen LogP contribution is 2.60. The summed E-state index contributed by atoms with van der Waals surface area (Å²) in [5.74, 6) is 0.102. The van der Waals surface area contributed by atoms with Gasteiger partial charge < -0.3 is 14.9 Å². The number of hydrogen-bond donors (Lipinski definition) is 2. The fraction of sp³-hybridized carbons (Fsp3) is 0.333. The molecule has 2 N–H and O–H groups in total. The van der Waals surface area contributed by atoms with Crippen molar-refractivity contribution in [2.24, 2.45) is 0 Å². The smallest absolute Gasteiger partial charge is 0.205 e. The molecule has 2 atom stereocenters. The number of hydrogen-bond acceptors (Lipinski definition) is 3. The Kier molecular flexibility index (Phi) is 2.30. The van der Waals surface area contributed by atoms with Gasteiger partial charge in [-0.05, 0) is 51.5 Å². The molecule has 4 heteroatoms. The maximum atomic E-state index is 10.8. The second-order valence-corrected chi connectivity index (χ2v) is 6.67. The lowest BCUT2D eigenvalue weighted by Crippen LogP contribution is -2.19. The van der Waals surface area contributed by atoms with Crippen LogP contribution in [-0.4, -0.2) is 14.8 Å². The van der Waals surface area contributed by atoms with Crippen LogP contribution in [0, 0.1) is 13.8 Å². The molecule has 2 unspecified atom stereocenters. The molecule has 4 nitrogen and oxygen atoms in total. The van der Waals surface area contributed by atoms with Crippen LogP contribution in [0.15, 0.2) is 30.4 Å². The highest BCUT2D eigenvalue weighted by molar-refractivity contribution is 5.64. The van der Waals surface area contributed by atoms with Crippen molar-refractivity contribution in [1.82, 2.24) is 4.57 Å². The summed E-state index contributed by atoms with van der Waals surface area (Å²) in [6.07, 6.45) is 3.89. The molecule has 0 aliphatic carbocycles. The van der Waals surface area contributed by atoms with Crippen molar-refractivity contribution in [3.63, 3.8) is 0 Å². The van der Waals surface area contributed by atoms with Gasteiger partial charge in [0.05, 0.1) is 16.8 Å². The van der Waals surface area contributed by atoms with Gasteiger partial charge in [-0.1, -0.05) is 17.7 Å². The van der Waals surface area contributed by atoms with Crippen LogP contribution in [0.3, 0.4) is 0 Å². The van der Waals surface area contributed by atoms with E-state index in [0.717, 1.165) is 16.8 Å². The molecule has 1 aromatic heterocycles. The normalized spacial score (nSPS) is 28.4. The lowest BCUT2D eigenvalue weighted by atomic mass is 9.86. The van der Waals surface area contributed by atoms with Crippen LogP contribution < -0.4 is 0 Å². The lowest BCUT2D eigenvalue weighted by Gasteiger charge is -2.21. The minimum atomic E-state index is -0.685. The van der Waals surface area contributed by atoms with Crippen LogP contribution in [0.5, 0.6) is 11.8 Å². The number of benzene rings is 1. The molecule has 114 valence electrons. The van der Waals surface area contributed by atoms with Crippen molar-refractivity contribution in [2.75, 3.05) is 0 Å². The van der Waals surface area contributed by atoms with Crippen molar-refractivity contribution in [3.8, 4) is 17.4 Å². The van der Waals surface area contributed by atoms with Gasteiger partial charge in [-0.15, -0.1) is 0 Å². The summed E-state index contributed by atoms with van der Waals surface area (Å²) in [5.41, 5.74) is 2.87. The van der Waals surface area contributed by atoms with Crippen LogP contribution in [-0.2, 0) is 15.9 Å². The molecule has 0 spiro atoms. The van der Waals surface area contributed by atoms with Gasteiger partial charge in [0.2, 0.25) is 11.8 Å². The first kappa shape index (κ1) is 13.5. The standard InChI is InChI=1S/C18H19NO3/c1-10-5-6-12(11(2)9-10)19-15(20)13-14(16(19)21)18(4)8-7-17(13,3)22-18/h5-9,20-21H,1-4H3. The number of nitrogens with zero attached hydrogens (tertiary/aromatic N) is 1. The molecule has 1 aromatic carbocycles. The molecule has 3 heterocycles. The Morgan fingerprint density at radius 2 is 1.50 bits per heavy atom. The largest absolute Gasteiger partial charge is 0.494 e. The first-order chi connectivity index (χ1) is 10.3. The Hall–Kier alpha value is -2.20. The molecule has 2 aliphatic heterocycles. The average Bonchev–Trinajstić information content (AvgIpc) is 2.97. The van der Waals surface area contributed by atoms with Crippen LogP contribution in [0.4, 0.5) is 0 Å². The van der Waals surface area contributed by atoms with E-state index < -0.39 is 11.2 Å². The average molecular weight is 297 g/mol. The molecule has 0 radical (unpaired) electrons. The molecule has 0 amide bonds. The van der Waals surface area contributed by atoms with E-state index in [1.165, 1.54) is 4.57 Å². The second kappa shape index (κ2) is 3.76. The Morgan fingerprint density at radius 1 is 0.955 bits per heavy atom. The molecule has 2 bridgehead atoms. The fourth-order valence-electron chi connectivity index (χ4n) is 3.87. The van der Waals surface area contributed by atoms with Gasteiger partial charge in [-0.25, -0.2) is 0 Å². The van der Waals surface area contributed by atoms with Gasteiger partial charge in [-0.2, -0.15) is 0 Å². The number of aryl methyl sites for hydroxylation is 2. The van der Waals surface area contributed by atoms with E-state index >= 15 is 0 Å². The zero-order valence-corrected chi connectivity index (χ0v) is 13.1. The molecular weight excluding hydrogens is 278 g/mol. The Labute approximate surface area is 129 Å². The first-order valence-corrected chi connectivity index (χ1v) is 7.42. The van der Waals surface area contributed by atoms with Crippen molar-refractivity contribution >= 4 is 0 Å².